The van der Waals surface area contributed by atoms with Crippen molar-refractivity contribution in [3.8, 4) is 0 Å². The number of carbonyl (C=O) groups is 3. The highest BCUT2D eigenvalue weighted by molar-refractivity contribution is 6.36. The molecular weight excluding hydrogens is 695 g/mol. The molecule has 51 heavy (non-hydrogen) atoms. The topological polar surface area (TPSA) is 112 Å². The van der Waals surface area contributed by atoms with E-state index in [0.717, 1.165) is 36.6 Å². The Morgan fingerprint density at radius 3 is 2.35 bits per heavy atom. The number of esters is 1. The molecule has 1 unspecified atom stereocenters. The van der Waals surface area contributed by atoms with E-state index in [4.69, 9.17) is 42.1 Å². The van der Waals surface area contributed by atoms with Crippen molar-refractivity contribution in [3.63, 3.8) is 0 Å². The zero-order valence-electron chi connectivity index (χ0n) is 29.7. The average molecular weight is 744 g/mol. The molecule has 6 rings (SSSR count). The summed E-state index contributed by atoms with van der Waals surface area (Å²) in [5.41, 5.74) is 2.41. The first-order chi connectivity index (χ1) is 24.6. The number of halogens is 2. The Labute approximate surface area is 309 Å². The van der Waals surface area contributed by atoms with Crippen LogP contribution >= 0.6 is 23.2 Å². The van der Waals surface area contributed by atoms with Gasteiger partial charge in [-0.05, 0) is 69.2 Å². The molecule has 4 atom stereocenters. The molecule has 3 heterocycles. The zero-order chi connectivity index (χ0) is 36.2. The number of likely N-dealkylation sites (tertiary alicyclic amines) is 2. The minimum Gasteiger partial charge on any atom is -0.466 e. The number of anilines is 1. The summed E-state index contributed by atoms with van der Waals surface area (Å²) >= 11 is 13.4. The summed E-state index contributed by atoms with van der Waals surface area (Å²) in [7, 11) is 5.27. The van der Waals surface area contributed by atoms with Crippen LogP contribution in [0, 0.1) is 5.92 Å². The first-order valence-electron chi connectivity index (χ1n) is 17.9. The van der Waals surface area contributed by atoms with E-state index in [9.17, 15) is 14.4 Å². The summed E-state index contributed by atoms with van der Waals surface area (Å²) in [5.74, 6) is -0.620. The lowest BCUT2D eigenvalue weighted by atomic mass is 9.87. The van der Waals surface area contributed by atoms with Gasteiger partial charge < -0.3 is 33.7 Å². The van der Waals surface area contributed by atoms with E-state index >= 15 is 0 Å². The van der Waals surface area contributed by atoms with Crippen molar-refractivity contribution >= 4 is 57.6 Å². The SMILES string of the molecule is CCOC(=O)[C@H]1CC[C@H](OC([C@@H]2CCCN2C(=O)Cc2cc(Cl)c(NC(=O)c3cn(C)c4ccccc34)cc2Cl)N2C[C@H](OC)[C@H](OC)C2)CC1. The minimum atomic E-state index is -0.371. The first-order valence-corrected chi connectivity index (χ1v) is 18.6. The number of benzene rings is 2. The summed E-state index contributed by atoms with van der Waals surface area (Å²) in [6.45, 7) is 4.03. The lowest BCUT2D eigenvalue weighted by Crippen LogP contribution is -2.53. The summed E-state index contributed by atoms with van der Waals surface area (Å²) in [5, 5.41) is 4.37. The fourth-order valence-electron chi connectivity index (χ4n) is 7.94. The largest absolute Gasteiger partial charge is 0.466 e. The number of methoxy groups -OCH3 is 2. The van der Waals surface area contributed by atoms with Crippen LogP contribution in [0.15, 0.2) is 42.6 Å². The summed E-state index contributed by atoms with van der Waals surface area (Å²) in [4.78, 5) is 43.9. The van der Waals surface area contributed by atoms with Crippen LogP contribution in [-0.2, 0) is 42.0 Å². The van der Waals surface area contributed by atoms with Gasteiger partial charge in [0.1, 0.15) is 6.23 Å². The van der Waals surface area contributed by atoms with Crippen molar-refractivity contribution in [2.24, 2.45) is 13.0 Å². The average Bonchev–Trinajstić information content (AvgIpc) is 3.87. The maximum absolute atomic E-state index is 14.1. The van der Waals surface area contributed by atoms with Crippen LogP contribution in [0.5, 0.6) is 0 Å². The molecule has 3 aliphatic rings. The summed E-state index contributed by atoms with van der Waals surface area (Å²) in [6.07, 6.45) is 5.71. The number of fused-ring (bicyclic) bond motifs is 1. The van der Waals surface area contributed by atoms with Gasteiger partial charge in [0.05, 0.1) is 59.6 Å². The molecule has 1 N–H and O–H groups in total. The molecular formula is C38H48Cl2N4O7. The Morgan fingerprint density at radius 1 is 0.961 bits per heavy atom. The molecule has 2 amide bonds. The number of aromatic nitrogens is 1. The highest BCUT2D eigenvalue weighted by Crippen LogP contribution is 2.35. The molecule has 0 radical (unpaired) electrons. The van der Waals surface area contributed by atoms with Gasteiger partial charge in [0, 0.05) is 63.0 Å². The number of nitrogens with zero attached hydrogens (tertiary/aromatic N) is 3. The molecule has 276 valence electrons. The molecule has 1 aromatic heterocycles. The summed E-state index contributed by atoms with van der Waals surface area (Å²) in [6, 6.07) is 10.8. The second kappa shape index (κ2) is 16.7. The van der Waals surface area contributed by atoms with Gasteiger partial charge in [-0.15, -0.1) is 0 Å². The lowest BCUT2D eigenvalue weighted by Gasteiger charge is -2.40. The van der Waals surface area contributed by atoms with Crippen molar-refractivity contribution in [2.45, 2.75) is 82.5 Å². The Kier molecular flexibility index (Phi) is 12.3. The number of ether oxygens (including phenoxy) is 4. The van der Waals surface area contributed by atoms with E-state index in [1.54, 1.807) is 32.5 Å². The van der Waals surface area contributed by atoms with Crippen LogP contribution in [-0.4, -0.2) is 103 Å². The second-order valence-electron chi connectivity index (χ2n) is 13.8. The van der Waals surface area contributed by atoms with Crippen molar-refractivity contribution < 1.29 is 33.3 Å². The van der Waals surface area contributed by atoms with E-state index in [1.807, 2.05) is 47.7 Å². The highest BCUT2D eigenvalue weighted by Gasteiger charge is 2.45. The maximum Gasteiger partial charge on any atom is 0.308 e. The third-order valence-electron chi connectivity index (χ3n) is 10.7. The van der Waals surface area contributed by atoms with Crippen molar-refractivity contribution in [1.29, 1.82) is 0 Å². The van der Waals surface area contributed by atoms with E-state index < -0.39 is 0 Å². The minimum absolute atomic E-state index is 0.0470. The van der Waals surface area contributed by atoms with Gasteiger partial charge in [-0.25, -0.2) is 0 Å². The molecule has 11 nitrogen and oxygen atoms in total. The molecule has 1 aliphatic carbocycles. The van der Waals surface area contributed by atoms with Gasteiger partial charge in [0.2, 0.25) is 5.91 Å². The fraction of sp³-hybridized carbons (Fsp3) is 0.553. The number of nitrogens with one attached hydrogen (secondary N) is 1. The van der Waals surface area contributed by atoms with Crippen LogP contribution in [0.4, 0.5) is 5.69 Å². The van der Waals surface area contributed by atoms with E-state index in [0.29, 0.717) is 65.9 Å². The molecule has 2 saturated heterocycles. The number of carbonyl (C=O) groups excluding carboxylic acids is 3. The normalized spacial score (nSPS) is 24.6. The van der Waals surface area contributed by atoms with Gasteiger partial charge in [-0.1, -0.05) is 41.4 Å². The predicted molar refractivity (Wildman–Crippen MR) is 196 cm³/mol. The lowest BCUT2D eigenvalue weighted by molar-refractivity contribution is -0.160. The Hall–Kier alpha value is -3.19. The molecule has 2 aliphatic heterocycles. The fourth-order valence-corrected chi connectivity index (χ4v) is 8.40. The smallest absolute Gasteiger partial charge is 0.308 e. The highest BCUT2D eigenvalue weighted by atomic mass is 35.5. The van der Waals surface area contributed by atoms with Gasteiger partial charge in [-0.3, -0.25) is 19.3 Å². The van der Waals surface area contributed by atoms with Crippen LogP contribution in [0.2, 0.25) is 10.0 Å². The quantitative estimate of drug-likeness (QED) is 0.223. The number of aryl methyl sites for hydroxylation is 1. The van der Waals surface area contributed by atoms with Crippen molar-refractivity contribution in [3.05, 3.63) is 63.8 Å². The Balaban J connectivity index is 1.16. The number of hydrogen-bond donors (Lipinski definition) is 1. The van der Waals surface area contributed by atoms with E-state index in [1.165, 1.54) is 0 Å². The second-order valence-corrected chi connectivity index (χ2v) is 14.6. The van der Waals surface area contributed by atoms with Crippen LogP contribution in [0.25, 0.3) is 10.9 Å². The third-order valence-corrected chi connectivity index (χ3v) is 11.3. The number of hydrogen-bond acceptors (Lipinski definition) is 8. The van der Waals surface area contributed by atoms with Crippen molar-refractivity contribution in [2.75, 3.05) is 45.8 Å². The van der Waals surface area contributed by atoms with Gasteiger partial charge in [0.15, 0.2) is 0 Å². The Bertz CT molecular complexity index is 1710. The first kappa shape index (κ1) is 37.6. The predicted octanol–water partition coefficient (Wildman–Crippen LogP) is 6.08. The zero-order valence-corrected chi connectivity index (χ0v) is 31.3. The van der Waals surface area contributed by atoms with Gasteiger partial charge >= 0.3 is 5.97 Å². The van der Waals surface area contributed by atoms with Crippen LogP contribution < -0.4 is 5.32 Å². The number of para-hydroxylation sites is 1. The van der Waals surface area contributed by atoms with Gasteiger partial charge in [0.25, 0.3) is 5.91 Å². The molecule has 1 saturated carbocycles. The standard InChI is InChI=1S/C38H48Cl2N4O7/c1-5-50-38(47)23-12-14-25(15-13-23)51-37(43-21-33(48-3)34(22-43)49-4)32-11-8-16-44(32)35(45)18-24-17-29(40)30(19-28(24)39)41-36(46)27-20-42(2)31-10-7-6-9-26(27)31/h6-7,9-10,17,19-20,23,25,32-34,37H,5,8,11-16,18,21-22H2,1-4H3,(H,41,46)/t23-,25-,32-,33-,34+,37?/m0/s1. The maximum atomic E-state index is 14.1. The third kappa shape index (κ3) is 8.24. The molecule has 3 fully saturated rings. The summed E-state index contributed by atoms with van der Waals surface area (Å²) < 4.78 is 25.6. The molecule has 2 aromatic carbocycles. The molecule has 3 aromatic rings. The van der Waals surface area contributed by atoms with Crippen LogP contribution in [0.1, 0.15) is 61.4 Å². The molecule has 0 spiro atoms. The molecule has 0 bridgehead atoms. The van der Waals surface area contributed by atoms with Crippen molar-refractivity contribution in [1.82, 2.24) is 14.4 Å². The van der Waals surface area contributed by atoms with E-state index in [-0.39, 0.29) is 60.7 Å². The van der Waals surface area contributed by atoms with Crippen LogP contribution in [0.3, 0.4) is 0 Å². The van der Waals surface area contributed by atoms with E-state index in [2.05, 4.69) is 10.2 Å². The number of rotatable bonds is 12. The van der Waals surface area contributed by atoms with Gasteiger partial charge in [-0.2, -0.15) is 0 Å². The number of amides is 2. The Morgan fingerprint density at radius 2 is 1.67 bits per heavy atom. The molecule has 13 heteroatoms. The monoisotopic (exact) mass is 742 g/mol.